The number of aryl methyl sites for hydroxylation is 1. The Bertz CT molecular complexity index is 241. The van der Waals surface area contributed by atoms with E-state index >= 15 is 0 Å². The first-order valence-corrected chi connectivity index (χ1v) is 4.05. The van der Waals surface area contributed by atoms with E-state index < -0.39 is 0 Å². The van der Waals surface area contributed by atoms with E-state index in [1.54, 1.807) is 6.92 Å². The van der Waals surface area contributed by atoms with Gasteiger partial charge in [-0.3, -0.25) is 0 Å². The summed E-state index contributed by atoms with van der Waals surface area (Å²) < 4.78 is 13.2. The van der Waals surface area contributed by atoms with Gasteiger partial charge in [-0.2, -0.15) is 0 Å². The molecule has 0 aliphatic carbocycles. The first-order chi connectivity index (χ1) is 4.61. The highest BCUT2D eigenvalue weighted by Crippen LogP contribution is 2.16. The average Bonchev–Trinajstić information content (AvgIpc) is 1.82. The maximum absolute atomic E-state index is 12.7. The summed E-state index contributed by atoms with van der Waals surface area (Å²) in [5.74, 6) is -0.307. The molecule has 10 heavy (non-hydrogen) atoms. The molecular formula is C6H4ClFIN. The van der Waals surface area contributed by atoms with Crippen LogP contribution in [0.1, 0.15) is 5.69 Å². The highest BCUT2D eigenvalue weighted by Gasteiger charge is 2.03. The lowest BCUT2D eigenvalue weighted by Gasteiger charge is -1.97. The quantitative estimate of drug-likeness (QED) is 0.522. The van der Waals surface area contributed by atoms with Crippen LogP contribution in [0.25, 0.3) is 0 Å². The molecule has 0 aromatic carbocycles. The molecular weight excluding hydrogens is 267 g/mol. The zero-order chi connectivity index (χ0) is 7.72. The van der Waals surface area contributed by atoms with Crippen molar-refractivity contribution in [3.8, 4) is 0 Å². The molecule has 0 unspecified atom stereocenters. The predicted molar refractivity (Wildman–Crippen MR) is 46.7 cm³/mol. The molecule has 0 fully saturated rings. The number of hydrogen-bond acceptors (Lipinski definition) is 1. The minimum atomic E-state index is -0.307. The highest BCUT2D eigenvalue weighted by atomic mass is 127. The van der Waals surface area contributed by atoms with Gasteiger partial charge in [-0.25, -0.2) is 9.37 Å². The largest absolute Gasteiger partial charge is 0.240 e. The van der Waals surface area contributed by atoms with Crippen molar-refractivity contribution in [1.29, 1.82) is 0 Å². The summed E-state index contributed by atoms with van der Waals surface area (Å²) in [5, 5.41) is 0.204. The summed E-state index contributed by atoms with van der Waals surface area (Å²) in [5.41, 5.74) is 0.630. The van der Waals surface area contributed by atoms with Gasteiger partial charge in [0.2, 0.25) is 0 Å². The lowest BCUT2D eigenvalue weighted by atomic mass is 10.4. The lowest BCUT2D eigenvalue weighted by molar-refractivity contribution is 0.615. The van der Waals surface area contributed by atoms with Crippen molar-refractivity contribution >= 4 is 34.2 Å². The molecule has 4 heteroatoms. The van der Waals surface area contributed by atoms with Crippen molar-refractivity contribution in [1.82, 2.24) is 4.98 Å². The summed E-state index contributed by atoms with van der Waals surface area (Å²) in [6.45, 7) is 1.72. The van der Waals surface area contributed by atoms with Gasteiger partial charge < -0.3 is 0 Å². The van der Waals surface area contributed by atoms with Gasteiger partial charge in [0.1, 0.15) is 11.0 Å². The third-order valence-electron chi connectivity index (χ3n) is 1.05. The zero-order valence-electron chi connectivity index (χ0n) is 5.16. The lowest BCUT2D eigenvalue weighted by Crippen LogP contribution is -1.90. The van der Waals surface area contributed by atoms with Gasteiger partial charge in [-0.1, -0.05) is 11.6 Å². The van der Waals surface area contributed by atoms with E-state index in [4.69, 9.17) is 11.6 Å². The highest BCUT2D eigenvalue weighted by molar-refractivity contribution is 14.1. The standard InChI is InChI=1S/C6H4ClFIN/c1-3-6(9)4(8)2-5(7)10-3/h2H,1H3. The molecule has 0 aliphatic rings. The summed E-state index contributed by atoms with van der Waals surface area (Å²) in [6.07, 6.45) is 0. The Morgan fingerprint density at radius 2 is 2.30 bits per heavy atom. The fourth-order valence-corrected chi connectivity index (χ4v) is 1.08. The van der Waals surface area contributed by atoms with E-state index in [9.17, 15) is 4.39 Å². The van der Waals surface area contributed by atoms with Gasteiger partial charge in [-0.15, -0.1) is 0 Å². The molecule has 1 heterocycles. The fourth-order valence-electron chi connectivity index (χ4n) is 0.582. The van der Waals surface area contributed by atoms with Crippen LogP contribution in [0.2, 0.25) is 5.15 Å². The van der Waals surface area contributed by atoms with Crippen LogP contribution < -0.4 is 0 Å². The maximum Gasteiger partial charge on any atom is 0.141 e. The van der Waals surface area contributed by atoms with Gasteiger partial charge in [0, 0.05) is 6.07 Å². The molecule has 1 aromatic heterocycles. The smallest absolute Gasteiger partial charge is 0.141 e. The van der Waals surface area contributed by atoms with Crippen molar-refractivity contribution < 1.29 is 4.39 Å². The normalized spacial score (nSPS) is 10.0. The Labute approximate surface area is 76.7 Å². The van der Waals surface area contributed by atoms with E-state index in [1.807, 2.05) is 22.6 Å². The zero-order valence-corrected chi connectivity index (χ0v) is 8.07. The first-order valence-electron chi connectivity index (χ1n) is 2.59. The second-order valence-electron chi connectivity index (χ2n) is 1.83. The Morgan fingerprint density at radius 1 is 1.70 bits per heavy atom. The SMILES string of the molecule is Cc1nc(Cl)cc(F)c1I. The number of aromatic nitrogens is 1. The summed E-state index contributed by atoms with van der Waals surface area (Å²) in [4.78, 5) is 3.85. The Morgan fingerprint density at radius 3 is 2.80 bits per heavy atom. The van der Waals surface area contributed by atoms with Crippen LogP contribution in [0.5, 0.6) is 0 Å². The van der Waals surface area contributed by atoms with Gasteiger partial charge >= 0.3 is 0 Å². The van der Waals surface area contributed by atoms with Gasteiger partial charge in [-0.05, 0) is 29.5 Å². The van der Waals surface area contributed by atoms with E-state index in [0.29, 0.717) is 9.26 Å². The molecule has 0 aliphatic heterocycles. The van der Waals surface area contributed by atoms with Crippen molar-refractivity contribution in [2.24, 2.45) is 0 Å². The number of halogens is 3. The summed E-state index contributed by atoms with van der Waals surface area (Å²) in [6, 6.07) is 1.20. The number of hydrogen-bond donors (Lipinski definition) is 0. The molecule has 1 aromatic rings. The monoisotopic (exact) mass is 271 g/mol. The average molecular weight is 271 g/mol. The topological polar surface area (TPSA) is 12.9 Å². The maximum atomic E-state index is 12.7. The molecule has 0 spiro atoms. The second-order valence-corrected chi connectivity index (χ2v) is 3.29. The van der Waals surface area contributed by atoms with Gasteiger partial charge in [0.25, 0.3) is 0 Å². The van der Waals surface area contributed by atoms with Crippen LogP contribution >= 0.6 is 34.2 Å². The summed E-state index contributed by atoms with van der Waals surface area (Å²) >= 11 is 7.36. The van der Waals surface area contributed by atoms with Crippen LogP contribution in [0.3, 0.4) is 0 Å². The molecule has 0 saturated carbocycles. The number of pyridine rings is 1. The van der Waals surface area contributed by atoms with E-state index in [2.05, 4.69) is 4.98 Å². The fraction of sp³-hybridized carbons (Fsp3) is 0.167. The van der Waals surface area contributed by atoms with Crippen molar-refractivity contribution in [3.63, 3.8) is 0 Å². The van der Waals surface area contributed by atoms with E-state index in [-0.39, 0.29) is 11.0 Å². The molecule has 0 radical (unpaired) electrons. The molecule has 0 N–H and O–H groups in total. The molecule has 1 nitrogen and oxygen atoms in total. The van der Waals surface area contributed by atoms with Crippen LogP contribution in [-0.4, -0.2) is 4.98 Å². The van der Waals surface area contributed by atoms with Crippen molar-refractivity contribution in [2.75, 3.05) is 0 Å². The Hall–Kier alpha value is 0.100. The third kappa shape index (κ3) is 1.58. The van der Waals surface area contributed by atoms with Crippen LogP contribution in [0.4, 0.5) is 4.39 Å². The molecule has 54 valence electrons. The molecule has 0 amide bonds. The van der Waals surface area contributed by atoms with E-state index in [0.717, 1.165) is 0 Å². The first kappa shape index (κ1) is 8.20. The van der Waals surface area contributed by atoms with Crippen molar-refractivity contribution in [3.05, 3.63) is 26.3 Å². The predicted octanol–water partition coefficient (Wildman–Crippen LogP) is 2.79. The summed E-state index contributed by atoms with van der Waals surface area (Å²) in [7, 11) is 0. The van der Waals surface area contributed by atoms with Crippen LogP contribution in [0.15, 0.2) is 6.07 Å². The second kappa shape index (κ2) is 3.00. The minimum absolute atomic E-state index is 0.204. The molecule has 1 rings (SSSR count). The van der Waals surface area contributed by atoms with Crippen LogP contribution in [-0.2, 0) is 0 Å². The Kier molecular flexibility index (Phi) is 2.46. The molecule has 0 saturated heterocycles. The number of nitrogens with zero attached hydrogens (tertiary/aromatic N) is 1. The van der Waals surface area contributed by atoms with Gasteiger partial charge in [0.15, 0.2) is 0 Å². The molecule has 0 atom stereocenters. The number of rotatable bonds is 0. The molecule has 0 bridgehead atoms. The van der Waals surface area contributed by atoms with Gasteiger partial charge in [0.05, 0.1) is 9.26 Å². The Balaban J connectivity index is 3.31. The van der Waals surface area contributed by atoms with Crippen molar-refractivity contribution in [2.45, 2.75) is 6.92 Å². The third-order valence-corrected chi connectivity index (χ3v) is 2.54. The van der Waals surface area contributed by atoms with E-state index in [1.165, 1.54) is 6.07 Å². The minimum Gasteiger partial charge on any atom is -0.240 e. The van der Waals surface area contributed by atoms with Crippen LogP contribution in [0, 0.1) is 16.3 Å².